The van der Waals surface area contributed by atoms with Gasteiger partial charge in [-0.25, -0.2) is 19.2 Å². The van der Waals surface area contributed by atoms with Crippen molar-refractivity contribution in [3.63, 3.8) is 0 Å². The van der Waals surface area contributed by atoms with Crippen LogP contribution in [0.5, 0.6) is 5.75 Å². The quantitative estimate of drug-likeness (QED) is 0.262. The highest BCUT2D eigenvalue weighted by Gasteiger charge is 2.21. The van der Waals surface area contributed by atoms with E-state index >= 15 is 0 Å². The van der Waals surface area contributed by atoms with Crippen LogP contribution < -0.4 is 31.3 Å². The number of amides is 5. The molecule has 0 bridgehead atoms. The fourth-order valence-corrected chi connectivity index (χ4v) is 2.28. The summed E-state index contributed by atoms with van der Waals surface area (Å²) >= 11 is 0. The molecule has 30 heavy (non-hydrogen) atoms. The minimum absolute atomic E-state index is 0.0557. The molecule has 1 aromatic rings. The summed E-state index contributed by atoms with van der Waals surface area (Å²) in [6.07, 6.45) is 0.876. The molecule has 0 spiro atoms. The Labute approximate surface area is 175 Å². The molecule has 0 heterocycles. The summed E-state index contributed by atoms with van der Waals surface area (Å²) in [5, 5.41) is 12.5. The molecule has 0 aromatic heterocycles. The van der Waals surface area contributed by atoms with Gasteiger partial charge in [-0.1, -0.05) is 18.2 Å². The van der Waals surface area contributed by atoms with Crippen LogP contribution in [0.4, 0.5) is 14.4 Å². The molecule has 0 fully saturated rings. The number of rotatable bonds is 11. The summed E-state index contributed by atoms with van der Waals surface area (Å²) < 4.78 is 10.2. The number of esters is 1. The Balaban J connectivity index is 2.32. The second-order valence-electron chi connectivity index (χ2n) is 6.07. The van der Waals surface area contributed by atoms with E-state index in [0.717, 1.165) is 0 Å². The molecule has 0 aliphatic carbocycles. The van der Waals surface area contributed by atoms with E-state index in [9.17, 15) is 19.2 Å². The molecule has 5 amide bonds. The van der Waals surface area contributed by atoms with Gasteiger partial charge in [0.2, 0.25) is 0 Å². The molecule has 1 aromatic carbocycles. The highest BCUT2D eigenvalue weighted by Crippen LogP contribution is 2.08. The third kappa shape index (κ3) is 10.7. The van der Waals surface area contributed by atoms with Crippen molar-refractivity contribution in [3.05, 3.63) is 30.3 Å². The monoisotopic (exact) mass is 423 g/mol. The number of benzene rings is 1. The van der Waals surface area contributed by atoms with Gasteiger partial charge in [-0.05, 0) is 31.4 Å². The van der Waals surface area contributed by atoms with E-state index in [1.54, 1.807) is 30.3 Å². The summed E-state index contributed by atoms with van der Waals surface area (Å²) in [5.41, 5.74) is 0. The molecule has 0 saturated carbocycles. The normalized spacial score (nSPS) is 10.9. The zero-order valence-corrected chi connectivity index (χ0v) is 17.2. The summed E-state index contributed by atoms with van der Waals surface area (Å²) in [5.74, 6) is -0.219. The van der Waals surface area contributed by atoms with Crippen molar-refractivity contribution in [1.82, 2.24) is 26.6 Å². The predicted molar refractivity (Wildman–Crippen MR) is 109 cm³/mol. The fourth-order valence-electron chi connectivity index (χ4n) is 2.28. The number of nitrogens with one attached hydrogen (secondary N) is 5. The van der Waals surface area contributed by atoms with Gasteiger partial charge in [0.1, 0.15) is 18.4 Å². The maximum absolute atomic E-state index is 12.3. The van der Waals surface area contributed by atoms with E-state index in [2.05, 4.69) is 26.6 Å². The van der Waals surface area contributed by atoms with Crippen LogP contribution >= 0.6 is 0 Å². The largest absolute Gasteiger partial charge is 0.462 e. The Morgan fingerprint density at radius 3 is 2.27 bits per heavy atom. The molecule has 166 valence electrons. The molecule has 0 aliphatic heterocycles. The molecule has 1 rings (SSSR count). The second kappa shape index (κ2) is 14.5. The lowest BCUT2D eigenvalue weighted by Crippen LogP contribution is -2.46. The van der Waals surface area contributed by atoms with Gasteiger partial charge in [0.25, 0.3) is 0 Å². The molecule has 11 nitrogen and oxygen atoms in total. The Hall–Kier alpha value is -3.50. The van der Waals surface area contributed by atoms with Gasteiger partial charge in [-0.15, -0.1) is 0 Å². The predicted octanol–water partition coefficient (Wildman–Crippen LogP) is 0.715. The van der Waals surface area contributed by atoms with Gasteiger partial charge in [0.05, 0.1) is 6.54 Å². The maximum Gasteiger partial charge on any atom is 0.412 e. The number of para-hydroxylation sites is 1. The van der Waals surface area contributed by atoms with Crippen LogP contribution in [-0.4, -0.2) is 64.0 Å². The molecular formula is C19H29N5O6. The summed E-state index contributed by atoms with van der Waals surface area (Å²) in [6, 6.07) is 6.90. The highest BCUT2D eigenvalue weighted by atomic mass is 16.6. The van der Waals surface area contributed by atoms with Crippen LogP contribution in [-0.2, 0) is 9.53 Å². The lowest BCUT2D eigenvalue weighted by molar-refractivity contribution is -0.145. The first kappa shape index (κ1) is 24.5. The smallest absolute Gasteiger partial charge is 0.412 e. The average molecular weight is 423 g/mol. The number of ether oxygens (including phenoxy) is 2. The van der Waals surface area contributed by atoms with Crippen molar-refractivity contribution in [2.45, 2.75) is 25.3 Å². The Bertz CT molecular complexity index is 685. The Kier molecular flexibility index (Phi) is 11.9. The zero-order chi connectivity index (χ0) is 22.2. The molecule has 5 N–H and O–H groups in total. The molecule has 0 saturated heterocycles. The topological polar surface area (TPSA) is 147 Å². The molecule has 0 aliphatic rings. The minimum atomic E-state index is -0.846. The fraction of sp³-hybridized carbons (Fsp3) is 0.474. The maximum atomic E-state index is 12.3. The van der Waals surface area contributed by atoms with Gasteiger partial charge in [0.15, 0.2) is 0 Å². The first-order valence-electron chi connectivity index (χ1n) is 9.57. The van der Waals surface area contributed by atoms with E-state index < -0.39 is 24.1 Å². The minimum Gasteiger partial charge on any atom is -0.462 e. The van der Waals surface area contributed by atoms with Crippen LogP contribution in [0.15, 0.2) is 30.3 Å². The van der Waals surface area contributed by atoms with Crippen LogP contribution in [0.1, 0.15) is 19.3 Å². The molecule has 1 unspecified atom stereocenters. The summed E-state index contributed by atoms with van der Waals surface area (Å²) in [7, 11) is 2.96. The third-order valence-corrected chi connectivity index (χ3v) is 3.82. The van der Waals surface area contributed by atoms with Gasteiger partial charge < -0.3 is 36.1 Å². The SMILES string of the molecule is CNC(=O)NCCCCC(NC(=O)NC)C(=O)OCCNC(=O)Oc1ccccc1. The average Bonchev–Trinajstić information content (AvgIpc) is 2.75. The molecule has 1 atom stereocenters. The Morgan fingerprint density at radius 2 is 1.60 bits per heavy atom. The number of urea groups is 2. The van der Waals surface area contributed by atoms with Crippen molar-refractivity contribution < 1.29 is 28.7 Å². The first-order valence-corrected chi connectivity index (χ1v) is 9.57. The molecule has 0 radical (unpaired) electrons. The number of carbonyl (C=O) groups is 4. The van der Waals surface area contributed by atoms with Gasteiger partial charge >= 0.3 is 24.1 Å². The van der Waals surface area contributed by atoms with Crippen LogP contribution in [0.2, 0.25) is 0 Å². The van der Waals surface area contributed by atoms with Crippen LogP contribution in [0.3, 0.4) is 0 Å². The summed E-state index contributed by atoms with van der Waals surface area (Å²) in [6.45, 7) is 0.419. The van der Waals surface area contributed by atoms with E-state index in [4.69, 9.17) is 9.47 Å². The van der Waals surface area contributed by atoms with E-state index in [1.165, 1.54) is 14.1 Å². The zero-order valence-electron chi connectivity index (χ0n) is 17.2. The second-order valence-corrected chi connectivity index (χ2v) is 6.07. The van der Waals surface area contributed by atoms with Crippen molar-refractivity contribution in [3.8, 4) is 5.75 Å². The van der Waals surface area contributed by atoms with Gasteiger partial charge in [-0.2, -0.15) is 0 Å². The number of carbonyl (C=O) groups excluding carboxylic acids is 4. The molecular weight excluding hydrogens is 394 g/mol. The van der Waals surface area contributed by atoms with Crippen molar-refractivity contribution in [1.29, 1.82) is 0 Å². The number of unbranched alkanes of at least 4 members (excludes halogenated alkanes) is 1. The first-order chi connectivity index (χ1) is 14.5. The Morgan fingerprint density at radius 1 is 0.900 bits per heavy atom. The van der Waals surface area contributed by atoms with Gasteiger partial charge in [0, 0.05) is 20.6 Å². The van der Waals surface area contributed by atoms with Crippen LogP contribution in [0, 0.1) is 0 Å². The number of hydrogen-bond donors (Lipinski definition) is 5. The van der Waals surface area contributed by atoms with Crippen molar-refractivity contribution in [2.75, 3.05) is 33.8 Å². The van der Waals surface area contributed by atoms with Crippen molar-refractivity contribution in [2.24, 2.45) is 0 Å². The summed E-state index contributed by atoms with van der Waals surface area (Å²) in [4.78, 5) is 46.6. The van der Waals surface area contributed by atoms with E-state index in [0.29, 0.717) is 31.6 Å². The lowest BCUT2D eigenvalue weighted by atomic mass is 10.1. The van der Waals surface area contributed by atoms with E-state index in [1.807, 2.05) is 0 Å². The molecule has 11 heteroatoms. The van der Waals surface area contributed by atoms with Gasteiger partial charge in [-0.3, -0.25) is 0 Å². The third-order valence-electron chi connectivity index (χ3n) is 3.82. The van der Waals surface area contributed by atoms with Crippen LogP contribution in [0.25, 0.3) is 0 Å². The highest BCUT2D eigenvalue weighted by molar-refractivity contribution is 5.83. The lowest BCUT2D eigenvalue weighted by Gasteiger charge is -2.17. The van der Waals surface area contributed by atoms with E-state index in [-0.39, 0.29) is 19.2 Å². The number of hydrogen-bond acceptors (Lipinski definition) is 6. The van der Waals surface area contributed by atoms with Crippen molar-refractivity contribution >= 4 is 24.1 Å². The standard InChI is InChI=1S/C19H29N5O6/c1-20-17(26)22-11-7-6-10-15(24-18(27)21-2)16(25)29-13-12-23-19(28)30-14-8-4-3-5-9-14/h3-5,8-9,15H,6-7,10-13H2,1-2H3,(H,23,28)(H2,20,22,26)(H2,21,24,27).